The Labute approximate surface area is 112 Å². The van der Waals surface area contributed by atoms with Crippen molar-refractivity contribution in [3.63, 3.8) is 0 Å². The SMILES string of the molecule is CCCNC(CCC(C)C)c1c(C)oc(C)c1C. The van der Waals surface area contributed by atoms with Crippen molar-refractivity contribution in [1.82, 2.24) is 5.32 Å². The van der Waals surface area contributed by atoms with E-state index in [1.165, 1.54) is 30.4 Å². The first-order chi connectivity index (χ1) is 8.47. The molecule has 1 aromatic heterocycles. The second-order valence-electron chi connectivity index (χ2n) is 5.73. The molecule has 1 heterocycles. The maximum atomic E-state index is 5.77. The van der Waals surface area contributed by atoms with Crippen LogP contribution < -0.4 is 5.32 Å². The average Bonchev–Trinajstić information content (AvgIpc) is 2.54. The fourth-order valence-electron chi connectivity index (χ4n) is 2.49. The van der Waals surface area contributed by atoms with Gasteiger partial charge >= 0.3 is 0 Å². The third kappa shape index (κ3) is 3.88. The Morgan fingerprint density at radius 3 is 2.17 bits per heavy atom. The van der Waals surface area contributed by atoms with Crippen molar-refractivity contribution in [3.05, 3.63) is 22.6 Å². The molecule has 104 valence electrons. The van der Waals surface area contributed by atoms with Crippen molar-refractivity contribution in [2.45, 2.75) is 66.8 Å². The van der Waals surface area contributed by atoms with E-state index in [0.29, 0.717) is 6.04 Å². The van der Waals surface area contributed by atoms with Crippen LogP contribution >= 0.6 is 0 Å². The van der Waals surface area contributed by atoms with E-state index in [-0.39, 0.29) is 0 Å². The summed E-state index contributed by atoms with van der Waals surface area (Å²) in [7, 11) is 0. The zero-order chi connectivity index (χ0) is 13.7. The minimum atomic E-state index is 0.449. The van der Waals surface area contributed by atoms with Gasteiger partial charge in [-0.05, 0) is 58.1 Å². The monoisotopic (exact) mass is 251 g/mol. The molecule has 0 saturated heterocycles. The van der Waals surface area contributed by atoms with E-state index >= 15 is 0 Å². The first kappa shape index (κ1) is 15.3. The lowest BCUT2D eigenvalue weighted by atomic mass is 9.95. The van der Waals surface area contributed by atoms with E-state index in [4.69, 9.17) is 4.42 Å². The van der Waals surface area contributed by atoms with E-state index in [1.807, 2.05) is 0 Å². The molecule has 1 aromatic rings. The van der Waals surface area contributed by atoms with Gasteiger partial charge < -0.3 is 9.73 Å². The number of hydrogen-bond acceptors (Lipinski definition) is 2. The van der Waals surface area contributed by atoms with Gasteiger partial charge in [0.15, 0.2) is 0 Å². The van der Waals surface area contributed by atoms with Crippen LogP contribution in [0, 0.1) is 26.7 Å². The van der Waals surface area contributed by atoms with Gasteiger partial charge in [0.1, 0.15) is 11.5 Å². The Morgan fingerprint density at radius 1 is 1.06 bits per heavy atom. The molecular formula is C16H29NO. The molecule has 2 nitrogen and oxygen atoms in total. The second kappa shape index (κ2) is 6.98. The maximum Gasteiger partial charge on any atom is 0.106 e. The zero-order valence-electron chi connectivity index (χ0n) is 12.9. The van der Waals surface area contributed by atoms with E-state index in [2.05, 4.69) is 46.9 Å². The molecule has 0 bridgehead atoms. The highest BCUT2D eigenvalue weighted by Crippen LogP contribution is 2.30. The van der Waals surface area contributed by atoms with Gasteiger partial charge in [0.2, 0.25) is 0 Å². The summed E-state index contributed by atoms with van der Waals surface area (Å²) in [6.45, 7) is 14.2. The number of rotatable bonds is 7. The van der Waals surface area contributed by atoms with Crippen molar-refractivity contribution >= 4 is 0 Å². The van der Waals surface area contributed by atoms with Crippen LogP contribution in [0.2, 0.25) is 0 Å². The summed E-state index contributed by atoms with van der Waals surface area (Å²) in [5.41, 5.74) is 2.71. The molecule has 0 aliphatic heterocycles. The summed E-state index contributed by atoms with van der Waals surface area (Å²) in [6, 6.07) is 0.449. The molecule has 2 heteroatoms. The zero-order valence-corrected chi connectivity index (χ0v) is 12.9. The molecule has 0 aliphatic carbocycles. The lowest BCUT2D eigenvalue weighted by molar-refractivity contribution is 0.429. The first-order valence-electron chi connectivity index (χ1n) is 7.27. The molecule has 0 spiro atoms. The Morgan fingerprint density at radius 2 is 1.72 bits per heavy atom. The molecule has 0 amide bonds. The van der Waals surface area contributed by atoms with Crippen LogP contribution in [0.25, 0.3) is 0 Å². The van der Waals surface area contributed by atoms with Crippen LogP contribution in [0.15, 0.2) is 4.42 Å². The van der Waals surface area contributed by atoms with Crippen molar-refractivity contribution in [2.24, 2.45) is 5.92 Å². The number of nitrogens with one attached hydrogen (secondary N) is 1. The Kier molecular flexibility index (Phi) is 5.94. The number of hydrogen-bond donors (Lipinski definition) is 1. The van der Waals surface area contributed by atoms with Crippen LogP contribution in [0.5, 0.6) is 0 Å². The van der Waals surface area contributed by atoms with E-state index in [0.717, 1.165) is 24.0 Å². The largest absolute Gasteiger partial charge is 0.466 e. The van der Waals surface area contributed by atoms with E-state index in [9.17, 15) is 0 Å². The Hall–Kier alpha value is -0.760. The van der Waals surface area contributed by atoms with Crippen LogP contribution in [0.1, 0.15) is 68.7 Å². The highest BCUT2D eigenvalue weighted by Gasteiger charge is 2.20. The number of furan rings is 1. The molecule has 1 unspecified atom stereocenters. The third-order valence-corrected chi connectivity index (χ3v) is 3.64. The van der Waals surface area contributed by atoms with Crippen LogP contribution in [0.3, 0.4) is 0 Å². The van der Waals surface area contributed by atoms with E-state index < -0.39 is 0 Å². The summed E-state index contributed by atoms with van der Waals surface area (Å²) in [5, 5.41) is 3.68. The van der Waals surface area contributed by atoms with Crippen LogP contribution in [-0.4, -0.2) is 6.54 Å². The fraction of sp³-hybridized carbons (Fsp3) is 0.750. The predicted molar refractivity (Wildman–Crippen MR) is 78.0 cm³/mol. The average molecular weight is 251 g/mol. The highest BCUT2D eigenvalue weighted by atomic mass is 16.3. The van der Waals surface area contributed by atoms with Gasteiger partial charge in [0, 0.05) is 11.6 Å². The van der Waals surface area contributed by atoms with Gasteiger partial charge in [-0.3, -0.25) is 0 Å². The van der Waals surface area contributed by atoms with Crippen molar-refractivity contribution in [3.8, 4) is 0 Å². The minimum absolute atomic E-state index is 0.449. The van der Waals surface area contributed by atoms with E-state index in [1.54, 1.807) is 0 Å². The molecule has 0 saturated carbocycles. The summed E-state index contributed by atoms with van der Waals surface area (Å²) >= 11 is 0. The summed E-state index contributed by atoms with van der Waals surface area (Å²) in [6.07, 6.45) is 3.62. The number of aryl methyl sites for hydroxylation is 2. The fourth-order valence-corrected chi connectivity index (χ4v) is 2.49. The quantitative estimate of drug-likeness (QED) is 0.761. The van der Waals surface area contributed by atoms with Crippen LogP contribution in [0.4, 0.5) is 0 Å². The molecular weight excluding hydrogens is 222 g/mol. The molecule has 1 rings (SSSR count). The highest BCUT2D eigenvalue weighted by molar-refractivity contribution is 5.34. The first-order valence-corrected chi connectivity index (χ1v) is 7.27. The summed E-state index contributed by atoms with van der Waals surface area (Å²) in [4.78, 5) is 0. The van der Waals surface area contributed by atoms with Crippen molar-refractivity contribution < 1.29 is 4.42 Å². The summed E-state index contributed by atoms with van der Waals surface area (Å²) < 4.78 is 5.77. The molecule has 0 fully saturated rings. The Bertz CT molecular complexity index is 365. The van der Waals surface area contributed by atoms with Gasteiger partial charge in [-0.25, -0.2) is 0 Å². The topological polar surface area (TPSA) is 25.2 Å². The normalized spacial score (nSPS) is 13.3. The van der Waals surface area contributed by atoms with Gasteiger partial charge in [-0.2, -0.15) is 0 Å². The van der Waals surface area contributed by atoms with Crippen molar-refractivity contribution in [2.75, 3.05) is 6.54 Å². The Balaban J connectivity index is 2.86. The second-order valence-corrected chi connectivity index (χ2v) is 5.73. The summed E-state index contributed by atoms with van der Waals surface area (Å²) in [5.74, 6) is 2.90. The molecule has 1 atom stereocenters. The van der Waals surface area contributed by atoms with Crippen LogP contribution in [-0.2, 0) is 0 Å². The van der Waals surface area contributed by atoms with Gasteiger partial charge in [-0.1, -0.05) is 20.8 Å². The van der Waals surface area contributed by atoms with Gasteiger partial charge in [0.05, 0.1) is 0 Å². The molecule has 0 radical (unpaired) electrons. The molecule has 0 aliphatic rings. The predicted octanol–water partition coefficient (Wildman–Crippen LogP) is 4.68. The maximum absolute atomic E-state index is 5.77. The molecule has 0 aromatic carbocycles. The third-order valence-electron chi connectivity index (χ3n) is 3.64. The minimum Gasteiger partial charge on any atom is -0.466 e. The lowest BCUT2D eigenvalue weighted by Crippen LogP contribution is -2.23. The molecule has 1 N–H and O–H groups in total. The molecule has 18 heavy (non-hydrogen) atoms. The standard InChI is InChI=1S/C16H29NO/c1-7-10-17-15(9-8-11(2)3)16-12(4)13(5)18-14(16)6/h11,15,17H,7-10H2,1-6H3. The smallest absolute Gasteiger partial charge is 0.106 e. The van der Waals surface area contributed by atoms with Crippen molar-refractivity contribution in [1.29, 1.82) is 0 Å². The van der Waals surface area contributed by atoms with Gasteiger partial charge in [-0.15, -0.1) is 0 Å². The van der Waals surface area contributed by atoms with Gasteiger partial charge in [0.25, 0.3) is 0 Å². The lowest BCUT2D eigenvalue weighted by Gasteiger charge is -2.20.